The number of fused-ring (bicyclic) bond motifs is 5. The molecule has 0 aromatic carbocycles. The molecule has 0 aromatic heterocycles. The number of aliphatic hydroxyl groups is 2. The lowest BCUT2D eigenvalue weighted by molar-refractivity contribution is -0.213. The van der Waals surface area contributed by atoms with E-state index in [2.05, 4.69) is 0 Å². The Morgan fingerprint density at radius 3 is 2.48 bits per heavy atom. The molecule has 33 heavy (non-hydrogen) atoms. The van der Waals surface area contributed by atoms with Gasteiger partial charge in [0.1, 0.15) is 11.4 Å². The van der Waals surface area contributed by atoms with E-state index in [0.717, 1.165) is 0 Å². The maximum atomic E-state index is 17.1. The maximum absolute atomic E-state index is 17.1. The lowest BCUT2D eigenvalue weighted by atomic mass is 9.45. The molecule has 8 atom stereocenters. The molecule has 2 saturated carbocycles. The van der Waals surface area contributed by atoms with Gasteiger partial charge in [0.05, 0.1) is 6.10 Å². The third kappa shape index (κ3) is 2.94. The van der Waals surface area contributed by atoms with E-state index in [1.807, 2.05) is 0 Å². The first-order chi connectivity index (χ1) is 15.1. The third-order valence-corrected chi connectivity index (χ3v) is 10.1. The zero-order valence-corrected chi connectivity index (χ0v) is 20.3. The number of carbonyl (C=O) groups excluding carboxylic acids is 3. The van der Waals surface area contributed by atoms with Gasteiger partial charge in [-0.15, -0.1) is 0 Å². The van der Waals surface area contributed by atoms with Gasteiger partial charge >= 0.3 is 0 Å². The van der Waals surface area contributed by atoms with Crippen LogP contribution < -0.4 is 0 Å². The summed E-state index contributed by atoms with van der Waals surface area (Å²) in [7, 11) is 2.99. The molecular formula is C24H31F2NO5S. The van der Waals surface area contributed by atoms with Gasteiger partial charge in [-0.05, 0) is 43.3 Å². The Balaban J connectivity index is 1.80. The van der Waals surface area contributed by atoms with E-state index in [9.17, 15) is 24.6 Å². The Morgan fingerprint density at radius 2 is 1.88 bits per heavy atom. The quantitative estimate of drug-likeness (QED) is 0.592. The highest BCUT2D eigenvalue weighted by atomic mass is 32.2. The van der Waals surface area contributed by atoms with Crippen LogP contribution in [0.15, 0.2) is 23.6 Å². The van der Waals surface area contributed by atoms with Crippen LogP contribution in [-0.4, -0.2) is 62.7 Å². The molecule has 0 radical (unpaired) electrons. The van der Waals surface area contributed by atoms with Gasteiger partial charge in [0, 0.05) is 55.4 Å². The normalized spacial score (nSPS) is 46.5. The molecule has 0 aromatic rings. The topological polar surface area (TPSA) is 94.9 Å². The Bertz CT molecular complexity index is 997. The molecule has 4 aliphatic carbocycles. The summed E-state index contributed by atoms with van der Waals surface area (Å²) < 4.78 is 32.4. The Morgan fingerprint density at radius 1 is 1.24 bits per heavy atom. The lowest BCUT2D eigenvalue weighted by Crippen LogP contribution is -2.69. The van der Waals surface area contributed by atoms with E-state index in [1.165, 1.54) is 38.1 Å². The minimum absolute atomic E-state index is 0.0703. The molecule has 182 valence electrons. The Labute approximate surface area is 196 Å². The van der Waals surface area contributed by atoms with Crippen molar-refractivity contribution in [2.45, 2.75) is 63.8 Å². The number of thioether (sulfide) groups is 1. The molecule has 0 bridgehead atoms. The summed E-state index contributed by atoms with van der Waals surface area (Å²) in [6.45, 7) is 4.84. The van der Waals surface area contributed by atoms with Crippen LogP contribution >= 0.6 is 11.8 Å². The lowest BCUT2D eigenvalue weighted by Gasteiger charge is -2.62. The number of aliphatic hydroxyl groups excluding tert-OH is 1. The SMILES string of the molecule is C[C@@H]1CC2C3CC(F)=C4CC(=O)C=CC4(C)[C@@]3(F)[C@@H](O)CC2(C)[C@@]1(O)C(=O)SC(=O)N(C)C. The summed E-state index contributed by atoms with van der Waals surface area (Å²) in [5.74, 6) is -3.11. The number of amides is 1. The largest absolute Gasteiger partial charge is 0.390 e. The molecule has 4 unspecified atom stereocenters. The average Bonchev–Trinajstić information content (AvgIpc) is 2.93. The number of hydrogen-bond acceptors (Lipinski definition) is 6. The van der Waals surface area contributed by atoms with Gasteiger partial charge in [0.15, 0.2) is 11.5 Å². The highest BCUT2D eigenvalue weighted by Crippen LogP contribution is 2.71. The second-order valence-corrected chi connectivity index (χ2v) is 11.8. The van der Waals surface area contributed by atoms with Crippen molar-refractivity contribution >= 4 is 27.9 Å². The van der Waals surface area contributed by atoms with Gasteiger partial charge in [-0.2, -0.15) is 0 Å². The van der Waals surface area contributed by atoms with Gasteiger partial charge in [-0.3, -0.25) is 14.4 Å². The van der Waals surface area contributed by atoms with Gasteiger partial charge in [0.25, 0.3) is 5.24 Å². The summed E-state index contributed by atoms with van der Waals surface area (Å²) in [5.41, 5.74) is -6.94. The minimum Gasteiger partial charge on any atom is -0.390 e. The van der Waals surface area contributed by atoms with E-state index in [1.54, 1.807) is 13.8 Å². The molecule has 9 heteroatoms. The number of rotatable bonds is 1. The molecule has 4 aliphatic rings. The van der Waals surface area contributed by atoms with E-state index in [0.29, 0.717) is 11.8 Å². The molecule has 0 aliphatic heterocycles. The first-order valence-corrected chi connectivity index (χ1v) is 12.1. The summed E-state index contributed by atoms with van der Waals surface area (Å²) >= 11 is 0.400. The van der Waals surface area contributed by atoms with Crippen molar-refractivity contribution in [1.29, 1.82) is 0 Å². The predicted octanol–water partition coefficient (Wildman–Crippen LogP) is 3.57. The average molecular weight is 484 g/mol. The number of halogens is 2. The van der Waals surface area contributed by atoms with E-state index in [-0.39, 0.29) is 37.0 Å². The summed E-state index contributed by atoms with van der Waals surface area (Å²) in [5, 5.41) is 21.7. The number of alkyl halides is 1. The molecule has 2 fully saturated rings. The van der Waals surface area contributed by atoms with Gasteiger partial charge in [-0.25, -0.2) is 8.78 Å². The third-order valence-electron chi connectivity index (χ3n) is 9.10. The predicted molar refractivity (Wildman–Crippen MR) is 120 cm³/mol. The number of ketones is 1. The Kier molecular flexibility index (Phi) is 5.55. The smallest absolute Gasteiger partial charge is 0.288 e. The van der Waals surface area contributed by atoms with E-state index < -0.39 is 62.1 Å². The van der Waals surface area contributed by atoms with Crippen molar-refractivity contribution in [2.24, 2.45) is 28.6 Å². The second-order valence-electron chi connectivity index (χ2n) is 10.8. The summed E-state index contributed by atoms with van der Waals surface area (Å²) in [6.07, 6.45) is 0.512. The summed E-state index contributed by atoms with van der Waals surface area (Å²) in [6, 6.07) is 0. The van der Waals surface area contributed by atoms with Crippen molar-refractivity contribution in [1.82, 2.24) is 4.90 Å². The molecule has 0 saturated heterocycles. The number of carbonyl (C=O) groups is 3. The van der Waals surface area contributed by atoms with Crippen molar-refractivity contribution in [3.63, 3.8) is 0 Å². The van der Waals surface area contributed by atoms with Crippen molar-refractivity contribution < 1.29 is 33.4 Å². The molecule has 0 spiro atoms. The zero-order valence-electron chi connectivity index (χ0n) is 19.5. The van der Waals surface area contributed by atoms with Crippen LogP contribution in [0.2, 0.25) is 0 Å². The van der Waals surface area contributed by atoms with Crippen LogP contribution in [0, 0.1) is 28.6 Å². The van der Waals surface area contributed by atoms with Gasteiger partial charge in [0.2, 0.25) is 5.12 Å². The minimum atomic E-state index is -2.26. The molecular weight excluding hydrogens is 452 g/mol. The highest BCUT2D eigenvalue weighted by molar-refractivity contribution is 8.26. The highest BCUT2D eigenvalue weighted by Gasteiger charge is 2.76. The van der Waals surface area contributed by atoms with E-state index in [4.69, 9.17) is 0 Å². The fourth-order valence-electron chi connectivity index (χ4n) is 7.20. The van der Waals surface area contributed by atoms with Crippen molar-refractivity contribution in [3.8, 4) is 0 Å². The van der Waals surface area contributed by atoms with Gasteiger partial charge in [-0.1, -0.05) is 19.9 Å². The molecule has 1 amide bonds. The fourth-order valence-corrected chi connectivity index (χ4v) is 8.13. The van der Waals surface area contributed by atoms with Crippen LogP contribution in [-0.2, 0) is 9.59 Å². The first kappa shape index (κ1) is 24.5. The van der Waals surface area contributed by atoms with Crippen LogP contribution in [0.3, 0.4) is 0 Å². The molecule has 0 heterocycles. The molecule has 2 N–H and O–H groups in total. The molecule has 4 rings (SSSR count). The van der Waals surface area contributed by atoms with E-state index >= 15 is 8.78 Å². The van der Waals surface area contributed by atoms with Crippen LogP contribution in [0.25, 0.3) is 0 Å². The van der Waals surface area contributed by atoms with Crippen molar-refractivity contribution in [3.05, 3.63) is 23.6 Å². The monoisotopic (exact) mass is 483 g/mol. The van der Waals surface area contributed by atoms with Crippen LogP contribution in [0.5, 0.6) is 0 Å². The zero-order chi connectivity index (χ0) is 24.7. The standard InChI is InChI=1S/C24H31F2NO5S/c1-12-8-14-15-10-17(25)16-9-13(28)6-7-21(16,2)23(15,26)18(29)11-22(14,3)24(12,32)19(30)33-20(31)27(4)5/h6-7,12,14-15,18,29,32H,8-11H2,1-5H3/t12-,14?,15?,18+,21?,22?,23+,24+/m1/s1. The first-order valence-electron chi connectivity index (χ1n) is 11.3. The fraction of sp³-hybridized carbons (Fsp3) is 0.708. The molecule has 6 nitrogen and oxygen atoms in total. The van der Waals surface area contributed by atoms with Crippen molar-refractivity contribution in [2.75, 3.05) is 14.1 Å². The second kappa shape index (κ2) is 7.46. The number of hydrogen-bond donors (Lipinski definition) is 2. The Hall–Kier alpha value is -1.58. The number of allylic oxidation sites excluding steroid dienone is 4. The number of nitrogens with zero attached hydrogens (tertiary/aromatic N) is 1. The maximum Gasteiger partial charge on any atom is 0.288 e. The van der Waals surface area contributed by atoms with Gasteiger partial charge < -0.3 is 15.1 Å². The summed E-state index contributed by atoms with van der Waals surface area (Å²) in [4.78, 5) is 38.6. The van der Waals surface area contributed by atoms with Crippen LogP contribution in [0.4, 0.5) is 13.6 Å². The van der Waals surface area contributed by atoms with Crippen LogP contribution in [0.1, 0.15) is 46.5 Å².